The van der Waals surface area contributed by atoms with Gasteiger partial charge in [0, 0.05) is 5.56 Å². The van der Waals surface area contributed by atoms with E-state index in [9.17, 15) is 14.7 Å². The van der Waals surface area contributed by atoms with E-state index in [-0.39, 0.29) is 11.3 Å². The van der Waals surface area contributed by atoms with E-state index in [0.717, 1.165) is 10.3 Å². The highest BCUT2D eigenvalue weighted by Crippen LogP contribution is 2.48. The number of amides is 1. The fourth-order valence-corrected chi connectivity index (χ4v) is 5.61. The second kappa shape index (κ2) is 10.3. The van der Waals surface area contributed by atoms with Crippen molar-refractivity contribution in [1.82, 2.24) is 4.98 Å². The first-order valence-electron chi connectivity index (χ1n) is 11.9. The fourth-order valence-electron chi connectivity index (χ4n) is 4.59. The van der Waals surface area contributed by atoms with Gasteiger partial charge in [0.25, 0.3) is 5.78 Å². The van der Waals surface area contributed by atoms with E-state index < -0.39 is 17.7 Å². The molecule has 0 radical (unpaired) electrons. The number of ketones is 1. The van der Waals surface area contributed by atoms with Gasteiger partial charge in [0.05, 0.1) is 50.3 Å². The topological polar surface area (TPSA) is 107 Å². The summed E-state index contributed by atoms with van der Waals surface area (Å²) in [5.74, 6) is -0.273. The predicted octanol–water partition coefficient (Wildman–Crippen LogP) is 5.27. The molecule has 1 aliphatic heterocycles. The van der Waals surface area contributed by atoms with E-state index >= 15 is 0 Å². The number of carbonyl (C=O) groups is 2. The number of benzene rings is 3. The number of Topliss-reactive ketones (excluding diaryl/α,β-unsaturated/α-hetero) is 1. The predicted molar refractivity (Wildman–Crippen MR) is 148 cm³/mol. The van der Waals surface area contributed by atoms with Gasteiger partial charge in [-0.25, -0.2) is 4.98 Å². The highest BCUT2D eigenvalue weighted by atomic mass is 32.1. The third kappa shape index (κ3) is 4.42. The molecule has 0 bridgehead atoms. The van der Waals surface area contributed by atoms with Crippen LogP contribution < -0.4 is 23.8 Å². The fraction of sp³-hybridized carbons (Fsp3) is 0.207. The normalized spacial score (nSPS) is 16.5. The van der Waals surface area contributed by atoms with Crippen LogP contribution in [0.15, 0.2) is 60.2 Å². The molecule has 1 amide bonds. The monoisotopic (exact) mass is 546 g/mol. The summed E-state index contributed by atoms with van der Waals surface area (Å²) in [6.45, 7) is 1.92. The van der Waals surface area contributed by atoms with Crippen LogP contribution >= 0.6 is 11.3 Å². The summed E-state index contributed by atoms with van der Waals surface area (Å²) in [6, 6.07) is 14.7. The summed E-state index contributed by atoms with van der Waals surface area (Å²) in [7, 11) is 6.01. The third-order valence-electron chi connectivity index (χ3n) is 6.56. The Balaban J connectivity index is 1.77. The number of methoxy groups -OCH3 is 4. The summed E-state index contributed by atoms with van der Waals surface area (Å²) in [6.07, 6.45) is 0. The van der Waals surface area contributed by atoms with Gasteiger partial charge < -0.3 is 24.1 Å². The van der Waals surface area contributed by atoms with Crippen molar-refractivity contribution < 1.29 is 33.6 Å². The van der Waals surface area contributed by atoms with E-state index in [1.165, 1.54) is 37.6 Å². The second-order valence-corrected chi connectivity index (χ2v) is 9.83. The summed E-state index contributed by atoms with van der Waals surface area (Å²) in [5.41, 5.74) is 2.42. The number of aliphatic hydroxyl groups is 1. The van der Waals surface area contributed by atoms with Gasteiger partial charge >= 0.3 is 5.91 Å². The molecule has 1 saturated heterocycles. The molecule has 3 aromatic carbocycles. The van der Waals surface area contributed by atoms with Crippen molar-refractivity contribution in [3.05, 3.63) is 76.9 Å². The number of fused-ring (bicyclic) bond motifs is 1. The van der Waals surface area contributed by atoms with E-state index in [2.05, 4.69) is 4.98 Å². The zero-order chi connectivity index (χ0) is 27.8. The number of hydrogen-bond donors (Lipinski definition) is 1. The minimum absolute atomic E-state index is 0.0741. The SMILES string of the molecule is COc1ccc2nc(N3C(=O)C(=O)/C(=C(/O)c4ccc(C)cc4)[C@H]3c3cc(OC)c(OC)c(OC)c3)sc2c1. The van der Waals surface area contributed by atoms with Crippen molar-refractivity contribution in [2.24, 2.45) is 0 Å². The average Bonchev–Trinajstić information content (AvgIpc) is 3.49. The van der Waals surface area contributed by atoms with Crippen LogP contribution in [-0.4, -0.2) is 50.2 Å². The van der Waals surface area contributed by atoms with E-state index in [1.807, 2.05) is 25.1 Å². The minimum Gasteiger partial charge on any atom is -0.507 e. The molecule has 1 atom stereocenters. The molecule has 1 fully saturated rings. The number of aromatic nitrogens is 1. The van der Waals surface area contributed by atoms with Gasteiger partial charge in [0.15, 0.2) is 16.6 Å². The average molecular weight is 547 g/mol. The van der Waals surface area contributed by atoms with Crippen molar-refractivity contribution in [3.8, 4) is 23.0 Å². The number of ether oxygens (including phenoxy) is 4. The quantitative estimate of drug-likeness (QED) is 0.190. The maximum atomic E-state index is 13.6. The Kier molecular flexibility index (Phi) is 6.88. The molecule has 1 aromatic heterocycles. The van der Waals surface area contributed by atoms with Gasteiger partial charge in [0.1, 0.15) is 11.5 Å². The Morgan fingerprint density at radius 2 is 1.56 bits per heavy atom. The Hall–Kier alpha value is -4.57. The summed E-state index contributed by atoms with van der Waals surface area (Å²) >= 11 is 1.24. The van der Waals surface area contributed by atoms with Crippen molar-refractivity contribution in [2.75, 3.05) is 33.3 Å². The van der Waals surface area contributed by atoms with E-state index in [4.69, 9.17) is 18.9 Å². The molecule has 200 valence electrons. The molecule has 4 aromatic rings. The minimum atomic E-state index is -1.03. The molecular formula is C29H26N2O7S. The highest BCUT2D eigenvalue weighted by Gasteiger charge is 2.48. The lowest BCUT2D eigenvalue weighted by atomic mass is 9.94. The Morgan fingerprint density at radius 1 is 0.897 bits per heavy atom. The van der Waals surface area contributed by atoms with Crippen LogP contribution in [0.5, 0.6) is 23.0 Å². The van der Waals surface area contributed by atoms with Gasteiger partial charge in [-0.2, -0.15) is 0 Å². The van der Waals surface area contributed by atoms with Gasteiger partial charge in [0.2, 0.25) is 5.75 Å². The number of rotatable bonds is 7. The maximum Gasteiger partial charge on any atom is 0.301 e. The molecule has 0 saturated carbocycles. The summed E-state index contributed by atoms with van der Waals surface area (Å²) in [4.78, 5) is 33.1. The molecule has 1 N–H and O–H groups in total. The zero-order valence-corrected chi connectivity index (χ0v) is 22.8. The molecular weight excluding hydrogens is 520 g/mol. The zero-order valence-electron chi connectivity index (χ0n) is 22.0. The molecule has 5 rings (SSSR count). The summed E-state index contributed by atoms with van der Waals surface area (Å²) < 4.78 is 22.6. The van der Waals surface area contributed by atoms with E-state index in [0.29, 0.717) is 44.8 Å². The number of aliphatic hydroxyl groups excluding tert-OH is 1. The maximum absolute atomic E-state index is 13.6. The Bertz CT molecular complexity index is 1600. The van der Waals surface area contributed by atoms with Crippen LogP contribution in [0.4, 0.5) is 5.13 Å². The Morgan fingerprint density at radius 3 is 2.15 bits per heavy atom. The molecule has 2 heterocycles. The number of hydrogen-bond acceptors (Lipinski definition) is 9. The van der Waals surface area contributed by atoms with Crippen LogP contribution in [0.2, 0.25) is 0 Å². The molecule has 39 heavy (non-hydrogen) atoms. The van der Waals surface area contributed by atoms with Crippen LogP contribution in [0.1, 0.15) is 22.7 Å². The lowest BCUT2D eigenvalue weighted by Crippen LogP contribution is -2.29. The number of nitrogens with zero attached hydrogens (tertiary/aromatic N) is 2. The van der Waals surface area contributed by atoms with Gasteiger partial charge in [-0.1, -0.05) is 41.2 Å². The molecule has 9 nitrogen and oxygen atoms in total. The third-order valence-corrected chi connectivity index (χ3v) is 7.58. The van der Waals surface area contributed by atoms with Crippen LogP contribution in [0.3, 0.4) is 0 Å². The highest BCUT2D eigenvalue weighted by molar-refractivity contribution is 7.22. The van der Waals surface area contributed by atoms with Gasteiger partial charge in [-0.3, -0.25) is 14.5 Å². The standard InChI is InChI=1S/C29H26N2O7S/c1-15-6-8-16(9-7-15)25(32)23-24(17-12-20(36-3)27(38-5)21(13-17)37-4)31(28(34)26(23)33)29-30-19-11-10-18(35-2)14-22(19)39-29/h6-14,24,32H,1-5H3/b25-23+/t24-/m1/s1. The Labute approximate surface area is 228 Å². The first-order valence-corrected chi connectivity index (χ1v) is 12.8. The van der Waals surface area contributed by atoms with Crippen molar-refractivity contribution in [1.29, 1.82) is 0 Å². The number of thiazole rings is 1. The van der Waals surface area contributed by atoms with Crippen molar-refractivity contribution in [2.45, 2.75) is 13.0 Å². The van der Waals surface area contributed by atoms with Crippen LogP contribution in [0.25, 0.3) is 16.0 Å². The summed E-state index contributed by atoms with van der Waals surface area (Å²) in [5, 5.41) is 11.7. The second-order valence-electron chi connectivity index (χ2n) is 8.82. The number of carbonyl (C=O) groups excluding carboxylic acids is 2. The van der Waals surface area contributed by atoms with Gasteiger partial charge in [-0.05, 0) is 42.8 Å². The smallest absolute Gasteiger partial charge is 0.301 e. The molecule has 0 unspecified atom stereocenters. The molecule has 0 aliphatic carbocycles. The van der Waals surface area contributed by atoms with Crippen LogP contribution in [0, 0.1) is 6.92 Å². The van der Waals surface area contributed by atoms with E-state index in [1.54, 1.807) is 43.5 Å². The largest absolute Gasteiger partial charge is 0.507 e. The molecule has 1 aliphatic rings. The molecule has 0 spiro atoms. The van der Waals surface area contributed by atoms with Crippen LogP contribution in [-0.2, 0) is 9.59 Å². The lowest BCUT2D eigenvalue weighted by molar-refractivity contribution is -0.132. The number of anilines is 1. The first kappa shape index (κ1) is 26.1. The lowest BCUT2D eigenvalue weighted by Gasteiger charge is -2.24. The van der Waals surface area contributed by atoms with Crippen molar-refractivity contribution in [3.63, 3.8) is 0 Å². The number of aryl methyl sites for hydroxylation is 1. The van der Waals surface area contributed by atoms with Gasteiger partial charge in [-0.15, -0.1) is 0 Å². The van der Waals surface area contributed by atoms with Crippen molar-refractivity contribution >= 4 is 44.1 Å². The first-order chi connectivity index (χ1) is 18.8. The molecule has 10 heteroatoms.